The maximum atomic E-state index is 8.93. The second kappa shape index (κ2) is 22.7. The molecule has 0 radical (unpaired) electrons. The van der Waals surface area contributed by atoms with Crippen molar-refractivity contribution >= 4 is 45.6 Å². The van der Waals surface area contributed by atoms with Gasteiger partial charge in [0.2, 0.25) is 0 Å². The van der Waals surface area contributed by atoms with Crippen molar-refractivity contribution in [3.8, 4) is 0 Å². The topological polar surface area (TPSA) is 95.2 Å². The third-order valence-corrected chi connectivity index (χ3v) is 6.34. The van der Waals surface area contributed by atoms with Gasteiger partial charge < -0.3 is 15.3 Å². The van der Waals surface area contributed by atoms with E-state index in [-0.39, 0.29) is 25.9 Å². The molecule has 0 saturated carbocycles. The number of thiophene rings is 1. The minimum atomic E-state index is 0. The zero-order valence-electron chi connectivity index (χ0n) is 15.0. The maximum Gasteiger partial charge on any atom is -0.0809 e. The summed E-state index contributed by atoms with van der Waals surface area (Å²) < 4.78 is 1.28. The molecule has 0 bridgehead atoms. The summed E-state index contributed by atoms with van der Waals surface area (Å²) in [6, 6.07) is 2.44. The van der Waals surface area contributed by atoms with Crippen LogP contribution in [-0.2, 0) is 0 Å². The van der Waals surface area contributed by atoms with Gasteiger partial charge in [0.1, 0.15) is 0 Å². The Morgan fingerprint density at radius 1 is 1.13 bits per heavy atom. The Bertz CT molecular complexity index is 321. The van der Waals surface area contributed by atoms with Crippen LogP contribution in [0.4, 0.5) is 0 Å². The molecule has 0 saturated heterocycles. The number of hydrogen-bond donors (Lipinski definition) is 1. The standard InChI is InChI=1S/C10H16NS2.3C2H5O.Sn/c1-4-12-8(3)9-5-6-13-10(9)7(2)11;3*1-2-3;/h5-8H,3-4,11H2,1-2H3;3*2H2,1H3;/q;3*-1;+3. The van der Waals surface area contributed by atoms with Crippen molar-refractivity contribution in [2.45, 2.75) is 50.3 Å². The molecule has 1 aromatic heterocycles. The second-order valence-electron chi connectivity index (χ2n) is 4.04. The number of nitrogens with two attached hydrogens (primary N) is 1. The fourth-order valence-corrected chi connectivity index (χ4v) is 4.97. The predicted molar refractivity (Wildman–Crippen MR) is 100.0 cm³/mol. The van der Waals surface area contributed by atoms with Crippen LogP contribution in [-0.4, -0.2) is 48.1 Å². The van der Waals surface area contributed by atoms with Crippen molar-refractivity contribution in [3.63, 3.8) is 0 Å². The van der Waals surface area contributed by atoms with E-state index in [1.54, 1.807) is 54.6 Å². The summed E-state index contributed by atoms with van der Waals surface area (Å²) >= 11 is 5.45. The number of hydrogen-bond acceptors (Lipinski definition) is 6. The summed E-state index contributed by atoms with van der Waals surface area (Å²) in [5.41, 5.74) is 7.44. The molecule has 23 heavy (non-hydrogen) atoms. The minimum Gasteiger partial charge on any atom is -0.855 e. The molecule has 0 aromatic carbocycles. The molecular formula is C16H31NO3S2Sn. The van der Waals surface area contributed by atoms with Gasteiger partial charge in [0.05, 0.1) is 0 Å². The summed E-state index contributed by atoms with van der Waals surface area (Å²) in [7, 11) is 0. The molecular weight excluding hydrogens is 437 g/mol. The summed E-state index contributed by atoms with van der Waals surface area (Å²) in [5, 5.41) is 29.6. The van der Waals surface area contributed by atoms with Crippen molar-refractivity contribution in [1.82, 2.24) is 0 Å². The van der Waals surface area contributed by atoms with Gasteiger partial charge in [-0.2, -0.15) is 0 Å². The smallest absolute Gasteiger partial charge is 0.0809 e. The molecule has 0 aliphatic carbocycles. The van der Waals surface area contributed by atoms with Gasteiger partial charge in [-0.25, -0.2) is 0 Å². The molecule has 7 heteroatoms. The average Bonchev–Trinajstić information content (AvgIpc) is 2.97. The van der Waals surface area contributed by atoms with Gasteiger partial charge in [-0.3, -0.25) is 0 Å². The Hall–Kier alpha value is 0.689. The van der Waals surface area contributed by atoms with E-state index in [4.69, 9.17) is 21.1 Å². The van der Waals surface area contributed by atoms with E-state index in [0.717, 1.165) is 0 Å². The van der Waals surface area contributed by atoms with Crippen LogP contribution in [0.1, 0.15) is 56.4 Å². The average molecular weight is 468 g/mol. The molecule has 0 aliphatic rings. The minimum absolute atomic E-state index is 0. The molecule has 134 valence electrons. The van der Waals surface area contributed by atoms with Crippen LogP contribution in [0.2, 0.25) is 4.44 Å². The maximum absolute atomic E-state index is 8.93. The largest absolute Gasteiger partial charge is 0.855 e. The van der Waals surface area contributed by atoms with E-state index in [0.29, 0.717) is 5.25 Å². The molecule has 2 atom stereocenters. The monoisotopic (exact) mass is 469 g/mol. The van der Waals surface area contributed by atoms with Crippen LogP contribution in [0.15, 0.2) is 11.4 Å². The van der Waals surface area contributed by atoms with Crippen LogP contribution in [0.25, 0.3) is 0 Å². The van der Waals surface area contributed by atoms with E-state index >= 15 is 0 Å². The fraction of sp³-hybridized carbons (Fsp3) is 0.750. The van der Waals surface area contributed by atoms with Gasteiger partial charge >= 0.3 is 109 Å². The number of rotatable bonds is 5. The first-order chi connectivity index (χ1) is 10.9. The zero-order chi connectivity index (χ0) is 18.7. The SMILES string of the molecule is CCSC([CH2][Sn+3])c1ccsc1C(C)N.CC[O-].CC[O-].CC[O-]. The molecule has 0 amide bonds. The first-order valence-electron chi connectivity index (χ1n) is 7.78. The molecule has 2 unspecified atom stereocenters. The molecule has 1 heterocycles. The molecule has 0 aliphatic heterocycles. The van der Waals surface area contributed by atoms with Gasteiger partial charge in [-0.05, 0) is 0 Å². The third-order valence-electron chi connectivity index (χ3n) is 2.04. The Morgan fingerprint density at radius 3 is 1.87 bits per heavy atom. The molecule has 2 N–H and O–H groups in total. The van der Waals surface area contributed by atoms with Crippen molar-refractivity contribution < 1.29 is 15.3 Å². The fourth-order valence-electron chi connectivity index (χ4n) is 1.43. The number of thioether (sulfide) groups is 1. The second-order valence-corrected chi connectivity index (χ2v) is 7.64. The Kier molecular flexibility index (Phi) is 28.1. The summed E-state index contributed by atoms with van der Waals surface area (Å²) in [6.07, 6.45) is 0. The first-order valence-corrected chi connectivity index (χ1v) is 11.7. The van der Waals surface area contributed by atoms with Gasteiger partial charge in [-0.1, -0.05) is 20.8 Å². The van der Waals surface area contributed by atoms with Crippen molar-refractivity contribution in [1.29, 1.82) is 0 Å². The molecule has 1 aromatic rings. The Labute approximate surface area is 164 Å². The van der Waals surface area contributed by atoms with Crippen LogP contribution in [0.5, 0.6) is 0 Å². The van der Waals surface area contributed by atoms with Gasteiger partial charge in [-0.15, -0.1) is 19.8 Å². The van der Waals surface area contributed by atoms with Crippen LogP contribution in [0.3, 0.4) is 0 Å². The normalized spacial score (nSPS) is 11.8. The summed E-state index contributed by atoms with van der Waals surface area (Å²) in [4.78, 5) is 1.37. The predicted octanol–water partition coefficient (Wildman–Crippen LogP) is 1.25. The van der Waals surface area contributed by atoms with Gasteiger partial charge in [0.15, 0.2) is 0 Å². The van der Waals surface area contributed by atoms with Crippen LogP contribution < -0.4 is 21.1 Å². The summed E-state index contributed by atoms with van der Waals surface area (Å²) in [5.74, 6) is 1.19. The Morgan fingerprint density at radius 2 is 1.57 bits per heavy atom. The molecule has 1 rings (SSSR count). The van der Waals surface area contributed by atoms with E-state index in [1.807, 2.05) is 11.8 Å². The van der Waals surface area contributed by atoms with E-state index in [2.05, 4.69) is 25.3 Å². The van der Waals surface area contributed by atoms with E-state index in [1.165, 1.54) is 20.6 Å². The van der Waals surface area contributed by atoms with Crippen molar-refractivity contribution in [2.24, 2.45) is 5.73 Å². The van der Waals surface area contributed by atoms with Crippen molar-refractivity contribution in [2.75, 3.05) is 25.6 Å². The van der Waals surface area contributed by atoms with Crippen LogP contribution in [0, 0.1) is 0 Å². The van der Waals surface area contributed by atoms with Gasteiger partial charge in [0.25, 0.3) is 0 Å². The molecule has 0 fully saturated rings. The molecule has 4 nitrogen and oxygen atoms in total. The summed E-state index contributed by atoms with van der Waals surface area (Å²) in [6.45, 7) is 9.01. The Balaban J connectivity index is -0.000000371. The zero-order valence-corrected chi connectivity index (χ0v) is 19.5. The first kappa shape index (κ1) is 28.5. The van der Waals surface area contributed by atoms with E-state index in [9.17, 15) is 0 Å². The molecule has 0 spiro atoms. The van der Waals surface area contributed by atoms with Crippen molar-refractivity contribution in [3.05, 3.63) is 21.9 Å². The quantitative estimate of drug-likeness (QED) is 0.657. The van der Waals surface area contributed by atoms with Gasteiger partial charge in [0, 0.05) is 0 Å². The van der Waals surface area contributed by atoms with Crippen LogP contribution >= 0.6 is 23.1 Å². The third kappa shape index (κ3) is 17.3. The van der Waals surface area contributed by atoms with E-state index < -0.39 is 0 Å².